The van der Waals surface area contributed by atoms with E-state index in [0.29, 0.717) is 21.6 Å². The molecule has 0 aliphatic heterocycles. The van der Waals surface area contributed by atoms with Gasteiger partial charge in [0.15, 0.2) is 11.3 Å². The fourth-order valence-corrected chi connectivity index (χ4v) is 2.79. The summed E-state index contributed by atoms with van der Waals surface area (Å²) in [7, 11) is 0. The van der Waals surface area contributed by atoms with E-state index in [0.717, 1.165) is 11.3 Å². The molecule has 2 aromatic heterocycles. The van der Waals surface area contributed by atoms with Gasteiger partial charge in [0.05, 0.1) is 17.0 Å². The number of pyridine rings is 1. The number of carbonyl (C=O) groups is 1. The van der Waals surface area contributed by atoms with Crippen molar-refractivity contribution in [3.63, 3.8) is 0 Å². The molecule has 1 aromatic carbocycles. The summed E-state index contributed by atoms with van der Waals surface area (Å²) in [4.78, 5) is 16.6. The van der Waals surface area contributed by atoms with Crippen molar-refractivity contribution in [2.45, 2.75) is 13.8 Å². The molecule has 112 valence electrons. The molecule has 0 atom stereocenters. The number of benzene rings is 1. The predicted molar refractivity (Wildman–Crippen MR) is 85.0 cm³/mol. The molecule has 0 amide bonds. The van der Waals surface area contributed by atoms with Crippen LogP contribution in [0.5, 0.6) is 0 Å². The molecule has 0 spiro atoms. The lowest BCUT2D eigenvalue weighted by molar-refractivity contribution is 0.0521. The number of ether oxygens (including phenoxy) is 1. The Hall–Kier alpha value is -2.40. The molecule has 0 radical (unpaired) electrons. The van der Waals surface area contributed by atoms with Crippen LogP contribution in [-0.4, -0.2) is 27.8 Å². The number of aromatic nitrogens is 3. The Morgan fingerprint density at radius 2 is 2.05 bits per heavy atom. The van der Waals surface area contributed by atoms with Crippen molar-refractivity contribution in [3.05, 3.63) is 46.7 Å². The molecule has 0 unspecified atom stereocenters. The van der Waals surface area contributed by atoms with Crippen LogP contribution in [0.4, 0.5) is 0 Å². The van der Waals surface area contributed by atoms with Crippen molar-refractivity contribution >= 4 is 28.6 Å². The van der Waals surface area contributed by atoms with Gasteiger partial charge in [0, 0.05) is 11.3 Å². The number of hydrogen-bond acceptors (Lipinski definition) is 4. The van der Waals surface area contributed by atoms with E-state index in [4.69, 9.17) is 16.3 Å². The number of aromatic amines is 1. The maximum Gasteiger partial charge on any atom is 0.357 e. The van der Waals surface area contributed by atoms with E-state index in [1.165, 1.54) is 0 Å². The van der Waals surface area contributed by atoms with Crippen molar-refractivity contribution in [1.29, 1.82) is 0 Å². The lowest BCUT2D eigenvalue weighted by atomic mass is 10.0. The first kappa shape index (κ1) is 14.5. The smallest absolute Gasteiger partial charge is 0.357 e. The molecule has 0 fully saturated rings. The van der Waals surface area contributed by atoms with Gasteiger partial charge >= 0.3 is 5.97 Å². The van der Waals surface area contributed by atoms with Crippen LogP contribution in [0, 0.1) is 6.92 Å². The topological polar surface area (TPSA) is 67.9 Å². The lowest BCUT2D eigenvalue weighted by Gasteiger charge is -2.11. The normalized spacial score (nSPS) is 10.9. The van der Waals surface area contributed by atoms with Gasteiger partial charge in [-0.2, -0.15) is 5.10 Å². The van der Waals surface area contributed by atoms with Gasteiger partial charge in [-0.15, -0.1) is 0 Å². The van der Waals surface area contributed by atoms with Gasteiger partial charge in [-0.25, -0.2) is 9.78 Å². The molecule has 0 saturated carbocycles. The van der Waals surface area contributed by atoms with Crippen LogP contribution < -0.4 is 0 Å². The van der Waals surface area contributed by atoms with Gasteiger partial charge < -0.3 is 4.74 Å². The summed E-state index contributed by atoms with van der Waals surface area (Å²) in [5, 5.41) is 8.10. The van der Waals surface area contributed by atoms with Gasteiger partial charge in [-0.1, -0.05) is 41.9 Å². The fourth-order valence-electron chi connectivity index (χ4n) is 2.37. The summed E-state index contributed by atoms with van der Waals surface area (Å²) in [6, 6.07) is 9.43. The summed E-state index contributed by atoms with van der Waals surface area (Å²) < 4.78 is 5.10. The zero-order chi connectivity index (χ0) is 15.7. The van der Waals surface area contributed by atoms with Crippen LogP contribution in [-0.2, 0) is 4.74 Å². The van der Waals surface area contributed by atoms with Crippen LogP contribution in [0.25, 0.3) is 22.2 Å². The lowest BCUT2D eigenvalue weighted by Crippen LogP contribution is -2.10. The van der Waals surface area contributed by atoms with Gasteiger partial charge in [0.1, 0.15) is 0 Å². The highest BCUT2D eigenvalue weighted by atomic mass is 35.5. The largest absolute Gasteiger partial charge is 0.461 e. The summed E-state index contributed by atoms with van der Waals surface area (Å²) in [6.07, 6.45) is 0. The number of carbonyl (C=O) groups excluding carboxylic acids is 1. The van der Waals surface area contributed by atoms with Gasteiger partial charge in [-0.3, -0.25) is 5.10 Å². The number of nitrogens with one attached hydrogen (secondary N) is 1. The standard InChI is InChI=1S/C16H14ClN3O2/c1-3-22-16(21)14-12(10-7-5-4-6-8-10)13(17)11-9(2)19-20-15(11)18-14/h4-8H,3H2,1-2H3,(H,18,19,20). The number of esters is 1. The van der Waals surface area contributed by atoms with E-state index >= 15 is 0 Å². The zero-order valence-electron chi connectivity index (χ0n) is 12.2. The third-order valence-corrected chi connectivity index (χ3v) is 3.73. The highest BCUT2D eigenvalue weighted by molar-refractivity contribution is 6.39. The molecule has 6 heteroatoms. The van der Waals surface area contributed by atoms with Gasteiger partial charge in [0.25, 0.3) is 0 Å². The molecule has 3 rings (SSSR count). The number of hydrogen-bond donors (Lipinski definition) is 1. The highest BCUT2D eigenvalue weighted by Gasteiger charge is 2.23. The maximum atomic E-state index is 12.3. The summed E-state index contributed by atoms with van der Waals surface area (Å²) >= 11 is 6.56. The van der Waals surface area contributed by atoms with Crippen LogP contribution in [0.15, 0.2) is 30.3 Å². The zero-order valence-corrected chi connectivity index (χ0v) is 12.9. The second kappa shape index (κ2) is 5.77. The first-order chi connectivity index (χ1) is 10.6. The summed E-state index contributed by atoms with van der Waals surface area (Å²) in [5.74, 6) is -0.509. The first-order valence-corrected chi connectivity index (χ1v) is 7.28. The third kappa shape index (κ3) is 2.33. The number of aryl methyl sites for hydroxylation is 1. The Balaban J connectivity index is 2.35. The third-order valence-electron chi connectivity index (χ3n) is 3.35. The maximum absolute atomic E-state index is 12.3. The molecule has 0 aliphatic rings. The van der Waals surface area contributed by atoms with E-state index < -0.39 is 5.97 Å². The average molecular weight is 316 g/mol. The Morgan fingerprint density at radius 1 is 1.32 bits per heavy atom. The Labute approximate surface area is 132 Å². The van der Waals surface area contributed by atoms with Crippen LogP contribution in [0.2, 0.25) is 5.02 Å². The van der Waals surface area contributed by atoms with E-state index in [9.17, 15) is 4.79 Å². The number of rotatable bonds is 3. The monoisotopic (exact) mass is 315 g/mol. The second-order valence-electron chi connectivity index (χ2n) is 4.78. The minimum absolute atomic E-state index is 0.178. The molecule has 22 heavy (non-hydrogen) atoms. The Bertz CT molecular complexity index is 843. The second-order valence-corrected chi connectivity index (χ2v) is 5.16. The minimum atomic E-state index is -0.509. The Morgan fingerprint density at radius 3 is 2.73 bits per heavy atom. The van der Waals surface area contributed by atoms with Gasteiger partial charge in [0.2, 0.25) is 0 Å². The molecule has 5 nitrogen and oxygen atoms in total. The highest BCUT2D eigenvalue weighted by Crippen LogP contribution is 2.36. The van der Waals surface area contributed by atoms with Crippen LogP contribution in [0.3, 0.4) is 0 Å². The van der Waals surface area contributed by atoms with E-state index in [2.05, 4.69) is 15.2 Å². The average Bonchev–Trinajstić information content (AvgIpc) is 2.90. The number of fused-ring (bicyclic) bond motifs is 1. The summed E-state index contributed by atoms with van der Waals surface area (Å²) in [6.45, 7) is 3.88. The number of H-pyrrole nitrogens is 1. The van der Waals surface area contributed by atoms with Crippen molar-refractivity contribution < 1.29 is 9.53 Å². The fraction of sp³-hybridized carbons (Fsp3) is 0.188. The molecule has 2 heterocycles. The molecule has 0 saturated heterocycles. The molecule has 1 N–H and O–H groups in total. The van der Waals surface area contributed by atoms with E-state index in [1.54, 1.807) is 6.92 Å². The summed E-state index contributed by atoms with van der Waals surface area (Å²) in [5.41, 5.74) is 2.77. The minimum Gasteiger partial charge on any atom is -0.461 e. The van der Waals surface area contributed by atoms with E-state index in [-0.39, 0.29) is 12.3 Å². The van der Waals surface area contributed by atoms with E-state index in [1.807, 2.05) is 37.3 Å². The molecule has 3 aromatic rings. The predicted octanol–water partition coefficient (Wildman–Crippen LogP) is 3.76. The number of halogens is 1. The molecule has 0 bridgehead atoms. The van der Waals surface area contributed by atoms with Crippen molar-refractivity contribution in [2.75, 3.05) is 6.61 Å². The molecular formula is C16H14ClN3O2. The van der Waals surface area contributed by atoms with Crippen molar-refractivity contribution in [1.82, 2.24) is 15.2 Å². The van der Waals surface area contributed by atoms with Gasteiger partial charge in [-0.05, 0) is 19.4 Å². The number of nitrogens with zero attached hydrogens (tertiary/aromatic N) is 2. The van der Waals surface area contributed by atoms with Crippen molar-refractivity contribution in [3.8, 4) is 11.1 Å². The van der Waals surface area contributed by atoms with Crippen molar-refractivity contribution in [2.24, 2.45) is 0 Å². The quantitative estimate of drug-likeness (QED) is 0.747. The SMILES string of the molecule is CCOC(=O)c1nc2n[nH]c(C)c2c(Cl)c1-c1ccccc1. The van der Waals surface area contributed by atoms with Crippen LogP contribution >= 0.6 is 11.6 Å². The Kier molecular flexibility index (Phi) is 3.81. The molecule has 0 aliphatic carbocycles. The van der Waals surface area contributed by atoms with Crippen LogP contribution in [0.1, 0.15) is 23.1 Å². The first-order valence-electron chi connectivity index (χ1n) is 6.90. The molecular weight excluding hydrogens is 302 g/mol.